The molecule has 0 radical (unpaired) electrons. The monoisotopic (exact) mass is 460 g/mol. The van der Waals surface area contributed by atoms with Gasteiger partial charge in [-0.25, -0.2) is 0 Å². The van der Waals surface area contributed by atoms with Gasteiger partial charge in [0.2, 0.25) is 0 Å². The fourth-order valence-corrected chi connectivity index (χ4v) is 5.94. The van der Waals surface area contributed by atoms with E-state index in [1.807, 2.05) is 27.7 Å². The standard InChI is InChI=1S/C29H48O4/c1-9-11-22-18-23(33-29(7,8)32-22)14-15-24-20(4)12-13-21-16-19(3)17-25(26(21)24)31-27(30)28(5,6)10-2/h12-13,16,19-20,22-26H,9-11,14-15,17-18H2,1-8H3/t19-,20?,22-,23+,24-,25-,26-/m0/s1. The molecule has 0 amide bonds. The molecule has 0 N–H and O–H groups in total. The zero-order chi connectivity index (χ0) is 24.4. The Morgan fingerprint density at radius 3 is 2.39 bits per heavy atom. The summed E-state index contributed by atoms with van der Waals surface area (Å²) in [6.07, 6.45) is 14.5. The molecule has 1 saturated heterocycles. The lowest BCUT2D eigenvalue weighted by molar-refractivity contribution is -0.301. The first kappa shape index (κ1) is 26.5. The zero-order valence-corrected chi connectivity index (χ0v) is 22.4. The van der Waals surface area contributed by atoms with Crippen molar-refractivity contribution < 1.29 is 19.0 Å². The number of fused-ring (bicyclic) bond motifs is 1. The molecule has 0 bridgehead atoms. The number of hydrogen-bond donors (Lipinski definition) is 0. The molecule has 0 saturated carbocycles. The third-order valence-electron chi connectivity index (χ3n) is 8.15. The normalized spacial score (nSPS) is 36.1. The second kappa shape index (κ2) is 10.6. The molecule has 0 aromatic carbocycles. The minimum Gasteiger partial charge on any atom is -0.461 e. The number of hydrogen-bond acceptors (Lipinski definition) is 4. The Morgan fingerprint density at radius 2 is 1.76 bits per heavy atom. The summed E-state index contributed by atoms with van der Waals surface area (Å²) in [4.78, 5) is 13.0. The second-order valence-electron chi connectivity index (χ2n) is 11.9. The fraction of sp³-hybridized carbons (Fsp3) is 0.828. The Hall–Kier alpha value is -1.13. The van der Waals surface area contributed by atoms with Crippen LogP contribution in [0.2, 0.25) is 0 Å². The molecule has 1 unspecified atom stereocenters. The lowest BCUT2D eigenvalue weighted by Crippen LogP contribution is -2.45. The van der Waals surface area contributed by atoms with E-state index in [4.69, 9.17) is 14.2 Å². The fourth-order valence-electron chi connectivity index (χ4n) is 5.94. The molecule has 1 aliphatic heterocycles. The van der Waals surface area contributed by atoms with Gasteiger partial charge in [0.25, 0.3) is 0 Å². The van der Waals surface area contributed by atoms with Crippen LogP contribution in [0.15, 0.2) is 23.8 Å². The van der Waals surface area contributed by atoms with Gasteiger partial charge < -0.3 is 14.2 Å². The molecule has 1 heterocycles. The van der Waals surface area contributed by atoms with E-state index in [0.717, 1.165) is 44.9 Å². The van der Waals surface area contributed by atoms with Crippen LogP contribution >= 0.6 is 0 Å². The quantitative estimate of drug-likeness (QED) is 0.358. The Labute approximate surface area is 202 Å². The third kappa shape index (κ3) is 6.51. The number of carbonyl (C=O) groups excluding carboxylic acids is 1. The summed E-state index contributed by atoms with van der Waals surface area (Å²) < 4.78 is 18.8. The van der Waals surface area contributed by atoms with Crippen LogP contribution in [0.4, 0.5) is 0 Å². The Bertz CT molecular complexity index is 734. The topological polar surface area (TPSA) is 44.8 Å². The van der Waals surface area contributed by atoms with E-state index in [2.05, 4.69) is 45.9 Å². The van der Waals surface area contributed by atoms with E-state index in [1.165, 1.54) is 5.57 Å². The summed E-state index contributed by atoms with van der Waals surface area (Å²) in [5.74, 6) is 1.04. The van der Waals surface area contributed by atoms with Crippen LogP contribution < -0.4 is 0 Å². The van der Waals surface area contributed by atoms with Gasteiger partial charge in [0, 0.05) is 12.3 Å². The molecule has 0 aromatic rings. The van der Waals surface area contributed by atoms with Gasteiger partial charge in [0.1, 0.15) is 6.10 Å². The van der Waals surface area contributed by atoms with Gasteiger partial charge >= 0.3 is 5.97 Å². The predicted octanol–water partition coefficient (Wildman–Crippen LogP) is 7.23. The maximum Gasteiger partial charge on any atom is 0.311 e. The van der Waals surface area contributed by atoms with E-state index < -0.39 is 11.2 Å². The smallest absolute Gasteiger partial charge is 0.311 e. The van der Waals surface area contributed by atoms with Gasteiger partial charge in [0.15, 0.2) is 5.79 Å². The molecule has 3 aliphatic rings. The second-order valence-corrected chi connectivity index (χ2v) is 11.9. The maximum absolute atomic E-state index is 13.0. The summed E-state index contributed by atoms with van der Waals surface area (Å²) in [5.41, 5.74) is 0.924. The molecular formula is C29H48O4. The van der Waals surface area contributed by atoms with Crippen LogP contribution in [-0.2, 0) is 19.0 Å². The van der Waals surface area contributed by atoms with Crippen LogP contribution in [0.3, 0.4) is 0 Å². The number of carbonyl (C=O) groups is 1. The molecule has 4 nitrogen and oxygen atoms in total. The average Bonchev–Trinajstić information content (AvgIpc) is 2.72. The molecule has 0 aromatic heterocycles. The average molecular weight is 461 g/mol. The van der Waals surface area contributed by atoms with Gasteiger partial charge in [-0.1, -0.05) is 52.3 Å². The first-order chi connectivity index (χ1) is 15.5. The number of esters is 1. The van der Waals surface area contributed by atoms with Crippen LogP contribution in [0.5, 0.6) is 0 Å². The first-order valence-electron chi connectivity index (χ1n) is 13.4. The Kier molecular flexibility index (Phi) is 8.54. The summed E-state index contributed by atoms with van der Waals surface area (Å²) in [5, 5.41) is 0. The largest absolute Gasteiger partial charge is 0.461 e. The molecule has 4 heteroatoms. The number of allylic oxidation sites excluding steroid dienone is 3. The van der Waals surface area contributed by atoms with Crippen LogP contribution in [0.25, 0.3) is 0 Å². The summed E-state index contributed by atoms with van der Waals surface area (Å²) >= 11 is 0. The minimum atomic E-state index is -0.518. The van der Waals surface area contributed by atoms with Gasteiger partial charge in [-0.05, 0) is 83.1 Å². The van der Waals surface area contributed by atoms with Gasteiger partial charge in [-0.3, -0.25) is 4.79 Å². The van der Waals surface area contributed by atoms with E-state index in [1.54, 1.807) is 0 Å². The number of rotatable bonds is 8. The maximum atomic E-state index is 13.0. The Balaban J connectivity index is 1.75. The molecule has 3 rings (SSSR count). The first-order valence-corrected chi connectivity index (χ1v) is 13.4. The summed E-state index contributed by atoms with van der Waals surface area (Å²) in [7, 11) is 0. The van der Waals surface area contributed by atoms with Crippen LogP contribution in [-0.4, -0.2) is 30.1 Å². The van der Waals surface area contributed by atoms with Crippen molar-refractivity contribution in [1.82, 2.24) is 0 Å². The lowest BCUT2D eigenvalue weighted by atomic mass is 9.65. The van der Waals surface area contributed by atoms with Crippen molar-refractivity contribution >= 4 is 5.97 Å². The number of ether oxygens (including phenoxy) is 3. The highest BCUT2D eigenvalue weighted by Gasteiger charge is 2.43. The van der Waals surface area contributed by atoms with Crippen molar-refractivity contribution in [2.75, 3.05) is 0 Å². The molecule has 7 atom stereocenters. The van der Waals surface area contributed by atoms with Crippen molar-refractivity contribution in [3.63, 3.8) is 0 Å². The van der Waals surface area contributed by atoms with Crippen LogP contribution in [0, 0.1) is 29.1 Å². The zero-order valence-electron chi connectivity index (χ0n) is 22.4. The molecular weight excluding hydrogens is 412 g/mol. The Morgan fingerprint density at radius 1 is 1.09 bits per heavy atom. The summed E-state index contributed by atoms with van der Waals surface area (Å²) in [6.45, 7) is 16.9. The van der Waals surface area contributed by atoms with E-state index in [0.29, 0.717) is 17.8 Å². The predicted molar refractivity (Wildman–Crippen MR) is 134 cm³/mol. The van der Waals surface area contributed by atoms with Crippen molar-refractivity contribution in [2.24, 2.45) is 29.1 Å². The van der Waals surface area contributed by atoms with Crippen molar-refractivity contribution in [3.8, 4) is 0 Å². The highest BCUT2D eigenvalue weighted by molar-refractivity contribution is 5.76. The molecule has 1 fully saturated rings. The highest BCUT2D eigenvalue weighted by atomic mass is 16.7. The minimum absolute atomic E-state index is 0.0457. The lowest BCUT2D eigenvalue weighted by Gasteiger charge is -2.45. The van der Waals surface area contributed by atoms with Gasteiger partial charge in [0.05, 0.1) is 17.6 Å². The third-order valence-corrected chi connectivity index (χ3v) is 8.15. The van der Waals surface area contributed by atoms with Gasteiger partial charge in [-0.15, -0.1) is 0 Å². The van der Waals surface area contributed by atoms with Gasteiger partial charge in [-0.2, -0.15) is 0 Å². The highest BCUT2D eigenvalue weighted by Crippen LogP contribution is 2.46. The van der Waals surface area contributed by atoms with Crippen LogP contribution in [0.1, 0.15) is 100 Å². The van der Waals surface area contributed by atoms with Crippen molar-refractivity contribution in [3.05, 3.63) is 23.8 Å². The SMILES string of the molecule is CCC[C@H]1C[C@@H](CC[C@H]2C(C)C=CC3=C[C@H](C)C[C@H](OC(=O)C(C)(C)CC)[C@@H]32)OC(C)(C)O1. The summed E-state index contributed by atoms with van der Waals surface area (Å²) in [6, 6.07) is 0. The molecule has 2 aliphatic carbocycles. The van der Waals surface area contributed by atoms with E-state index >= 15 is 0 Å². The van der Waals surface area contributed by atoms with Crippen molar-refractivity contribution in [1.29, 1.82) is 0 Å². The van der Waals surface area contributed by atoms with E-state index in [9.17, 15) is 4.79 Å². The van der Waals surface area contributed by atoms with E-state index in [-0.39, 0.29) is 30.2 Å². The van der Waals surface area contributed by atoms with Crippen molar-refractivity contribution in [2.45, 2.75) is 124 Å². The molecule has 33 heavy (non-hydrogen) atoms. The molecule has 188 valence electrons. The molecule has 0 spiro atoms.